The first-order valence-corrected chi connectivity index (χ1v) is 9.48. The zero-order chi connectivity index (χ0) is 20.4. The molecule has 0 spiro atoms. The lowest BCUT2D eigenvalue weighted by atomic mass is 9.88. The largest absolute Gasteiger partial charge is 0.375 e. The van der Waals surface area contributed by atoms with Crippen molar-refractivity contribution in [2.75, 3.05) is 11.4 Å². The first kappa shape index (κ1) is 18.8. The number of benzene rings is 3. The van der Waals surface area contributed by atoms with Crippen LogP contribution < -0.4 is 4.90 Å². The molecule has 3 aromatic carbocycles. The van der Waals surface area contributed by atoms with Gasteiger partial charge < -0.3 is 10.0 Å². The smallest absolute Gasteiger partial charge is 0.264 e. The molecule has 1 aliphatic heterocycles. The van der Waals surface area contributed by atoms with Crippen molar-refractivity contribution < 1.29 is 14.7 Å². The van der Waals surface area contributed by atoms with E-state index in [4.69, 9.17) is 0 Å². The zero-order valence-electron chi connectivity index (χ0n) is 15.9. The fourth-order valence-corrected chi connectivity index (χ4v) is 3.80. The molecule has 0 unspecified atom stereocenters. The van der Waals surface area contributed by atoms with E-state index in [1.165, 1.54) is 4.90 Å². The van der Waals surface area contributed by atoms with Gasteiger partial charge in [0.15, 0.2) is 11.4 Å². The van der Waals surface area contributed by atoms with Crippen molar-refractivity contribution in [2.45, 2.75) is 12.0 Å². The number of para-hydroxylation sites is 1. The standard InChI is InChI=1S/C25H21NO3/c1-2-16-26-22-11-7-6-10-21(22)25(29,24(26)28)17-23(27)20-14-12-19(13-15-20)18-8-4-3-5-9-18/h2-15,29H,1,16-17H2/t25-/m1/s1. The number of carbonyl (C=O) groups excluding carboxylic acids is 2. The van der Waals surface area contributed by atoms with E-state index >= 15 is 0 Å². The second-order valence-electron chi connectivity index (χ2n) is 7.13. The van der Waals surface area contributed by atoms with Gasteiger partial charge in [0.25, 0.3) is 5.91 Å². The second-order valence-corrected chi connectivity index (χ2v) is 7.13. The molecule has 1 N–H and O–H groups in total. The van der Waals surface area contributed by atoms with E-state index in [9.17, 15) is 14.7 Å². The van der Waals surface area contributed by atoms with Gasteiger partial charge in [0.1, 0.15) is 0 Å². The molecule has 1 atom stereocenters. The number of Topliss-reactive ketones (excluding diaryl/α,β-unsaturated/α-hetero) is 1. The molecule has 0 saturated carbocycles. The number of amides is 1. The molecule has 29 heavy (non-hydrogen) atoms. The van der Waals surface area contributed by atoms with Crippen LogP contribution in [0.4, 0.5) is 5.69 Å². The molecule has 1 amide bonds. The molecule has 4 heteroatoms. The summed E-state index contributed by atoms with van der Waals surface area (Å²) in [5.41, 5.74) is 1.73. The number of fused-ring (bicyclic) bond motifs is 1. The summed E-state index contributed by atoms with van der Waals surface area (Å²) in [7, 11) is 0. The highest BCUT2D eigenvalue weighted by Gasteiger charge is 2.50. The number of ketones is 1. The summed E-state index contributed by atoms with van der Waals surface area (Å²) in [4.78, 5) is 27.3. The molecule has 0 aliphatic carbocycles. The highest BCUT2D eigenvalue weighted by Crippen LogP contribution is 2.42. The van der Waals surface area contributed by atoms with E-state index in [2.05, 4.69) is 6.58 Å². The first-order chi connectivity index (χ1) is 14.0. The Balaban J connectivity index is 1.61. The van der Waals surface area contributed by atoms with E-state index < -0.39 is 11.5 Å². The number of anilines is 1. The van der Waals surface area contributed by atoms with Gasteiger partial charge in [0.2, 0.25) is 0 Å². The zero-order valence-corrected chi connectivity index (χ0v) is 15.9. The van der Waals surface area contributed by atoms with E-state index in [0.29, 0.717) is 16.8 Å². The summed E-state index contributed by atoms with van der Waals surface area (Å²) >= 11 is 0. The Morgan fingerprint density at radius 3 is 2.24 bits per heavy atom. The number of hydrogen-bond donors (Lipinski definition) is 1. The highest BCUT2D eigenvalue weighted by atomic mass is 16.3. The maximum absolute atomic E-state index is 13.0. The Labute approximate surface area is 169 Å². The minimum atomic E-state index is -1.87. The van der Waals surface area contributed by atoms with Gasteiger partial charge in [-0.15, -0.1) is 6.58 Å². The monoisotopic (exact) mass is 383 g/mol. The SMILES string of the molecule is C=CCN1C(=O)[C@@](O)(CC(=O)c2ccc(-c3ccccc3)cc2)c2ccccc21. The van der Waals surface area contributed by atoms with Crippen LogP contribution in [0, 0.1) is 0 Å². The topological polar surface area (TPSA) is 57.6 Å². The highest BCUT2D eigenvalue weighted by molar-refractivity contribution is 6.10. The van der Waals surface area contributed by atoms with Crippen molar-refractivity contribution in [1.82, 2.24) is 0 Å². The number of hydrogen-bond acceptors (Lipinski definition) is 3. The Morgan fingerprint density at radius 2 is 1.55 bits per heavy atom. The van der Waals surface area contributed by atoms with Crippen LogP contribution in [0.2, 0.25) is 0 Å². The van der Waals surface area contributed by atoms with Crippen LogP contribution in [0.1, 0.15) is 22.3 Å². The fraction of sp³-hybridized carbons (Fsp3) is 0.120. The van der Waals surface area contributed by atoms with Crippen LogP contribution in [-0.2, 0) is 10.4 Å². The lowest BCUT2D eigenvalue weighted by Gasteiger charge is -2.22. The van der Waals surface area contributed by atoms with Crippen LogP contribution in [0.25, 0.3) is 11.1 Å². The fourth-order valence-electron chi connectivity index (χ4n) is 3.80. The van der Waals surface area contributed by atoms with Crippen molar-refractivity contribution >= 4 is 17.4 Å². The maximum Gasteiger partial charge on any atom is 0.264 e. The van der Waals surface area contributed by atoms with E-state index in [0.717, 1.165) is 11.1 Å². The molecule has 4 rings (SSSR count). The minimum absolute atomic E-state index is 0.276. The lowest BCUT2D eigenvalue weighted by Crippen LogP contribution is -2.41. The Kier molecular flexibility index (Phi) is 4.87. The number of aliphatic hydroxyl groups is 1. The van der Waals surface area contributed by atoms with Crippen molar-refractivity contribution in [1.29, 1.82) is 0 Å². The van der Waals surface area contributed by atoms with Crippen molar-refractivity contribution in [3.8, 4) is 11.1 Å². The van der Waals surface area contributed by atoms with E-state index in [-0.39, 0.29) is 18.7 Å². The van der Waals surface area contributed by atoms with Crippen molar-refractivity contribution in [3.05, 3.63) is 103 Å². The van der Waals surface area contributed by atoms with Crippen LogP contribution in [0.5, 0.6) is 0 Å². The average molecular weight is 383 g/mol. The molecule has 0 saturated heterocycles. The maximum atomic E-state index is 13.0. The molecule has 0 aromatic heterocycles. The summed E-state index contributed by atoms with van der Waals surface area (Å²) in [6.07, 6.45) is 1.30. The van der Waals surface area contributed by atoms with Gasteiger partial charge >= 0.3 is 0 Å². The Hall–Kier alpha value is -3.50. The summed E-state index contributed by atoms with van der Waals surface area (Å²) in [6.45, 7) is 3.95. The third-order valence-corrected chi connectivity index (χ3v) is 5.28. The third kappa shape index (κ3) is 3.28. The molecule has 0 fully saturated rings. The number of nitrogens with zero attached hydrogens (tertiary/aromatic N) is 1. The van der Waals surface area contributed by atoms with E-state index in [1.54, 1.807) is 42.5 Å². The summed E-state index contributed by atoms with van der Waals surface area (Å²) in [6, 6.07) is 24.1. The molecular formula is C25H21NO3. The second kappa shape index (κ2) is 7.49. The molecular weight excluding hydrogens is 362 g/mol. The molecule has 1 heterocycles. The Morgan fingerprint density at radius 1 is 0.931 bits per heavy atom. The minimum Gasteiger partial charge on any atom is -0.375 e. The van der Waals surface area contributed by atoms with Gasteiger partial charge in [-0.05, 0) is 17.2 Å². The van der Waals surface area contributed by atoms with Gasteiger partial charge in [-0.3, -0.25) is 9.59 Å². The quantitative estimate of drug-likeness (QED) is 0.509. The first-order valence-electron chi connectivity index (χ1n) is 9.48. The molecule has 4 nitrogen and oxygen atoms in total. The molecule has 0 bridgehead atoms. The van der Waals surface area contributed by atoms with Gasteiger partial charge in [0.05, 0.1) is 12.1 Å². The number of carbonyl (C=O) groups is 2. The van der Waals surface area contributed by atoms with Crippen LogP contribution in [0.3, 0.4) is 0 Å². The summed E-state index contributed by atoms with van der Waals surface area (Å²) in [5, 5.41) is 11.2. The number of rotatable bonds is 6. The summed E-state index contributed by atoms with van der Waals surface area (Å²) < 4.78 is 0. The summed E-state index contributed by atoms with van der Waals surface area (Å²) in [5.74, 6) is -0.774. The third-order valence-electron chi connectivity index (χ3n) is 5.28. The molecule has 0 radical (unpaired) electrons. The van der Waals surface area contributed by atoms with Crippen molar-refractivity contribution in [2.24, 2.45) is 0 Å². The predicted molar refractivity (Wildman–Crippen MR) is 114 cm³/mol. The molecule has 144 valence electrons. The van der Waals surface area contributed by atoms with Gasteiger partial charge in [-0.25, -0.2) is 0 Å². The van der Waals surface area contributed by atoms with Gasteiger partial charge in [0, 0.05) is 17.7 Å². The van der Waals surface area contributed by atoms with Gasteiger partial charge in [-0.2, -0.15) is 0 Å². The van der Waals surface area contributed by atoms with Crippen molar-refractivity contribution in [3.63, 3.8) is 0 Å². The predicted octanol–water partition coefficient (Wildman–Crippen LogP) is 4.35. The van der Waals surface area contributed by atoms with Crippen LogP contribution in [-0.4, -0.2) is 23.3 Å². The van der Waals surface area contributed by atoms with Gasteiger partial charge in [-0.1, -0.05) is 78.9 Å². The van der Waals surface area contributed by atoms with Crippen LogP contribution in [0.15, 0.2) is 91.5 Å². The molecule has 3 aromatic rings. The van der Waals surface area contributed by atoms with Crippen LogP contribution >= 0.6 is 0 Å². The Bertz CT molecular complexity index is 1070. The van der Waals surface area contributed by atoms with E-state index in [1.807, 2.05) is 42.5 Å². The normalized spacial score (nSPS) is 17.8. The average Bonchev–Trinajstić information content (AvgIpc) is 2.97. The molecule has 1 aliphatic rings. The lowest BCUT2D eigenvalue weighted by molar-refractivity contribution is -0.135.